The number of hydrogen-bond acceptors (Lipinski definition) is 3. The molecule has 0 fully saturated rings. The van der Waals surface area contributed by atoms with Gasteiger partial charge in [-0.1, -0.05) is 37.3 Å². The van der Waals surface area contributed by atoms with E-state index in [-0.39, 0.29) is 6.10 Å². The van der Waals surface area contributed by atoms with Gasteiger partial charge in [0.05, 0.1) is 0 Å². The Kier molecular flexibility index (Phi) is 3.70. The Morgan fingerprint density at radius 1 is 1.31 bits per heavy atom. The van der Waals surface area contributed by atoms with Crippen molar-refractivity contribution in [2.24, 2.45) is 0 Å². The van der Waals surface area contributed by atoms with Gasteiger partial charge in [0.15, 0.2) is 0 Å². The number of nitrogens with zero attached hydrogens (tertiary/aromatic N) is 1. The van der Waals surface area contributed by atoms with Crippen molar-refractivity contribution >= 4 is 11.3 Å². The maximum absolute atomic E-state index is 5.53. The summed E-state index contributed by atoms with van der Waals surface area (Å²) in [6.45, 7) is 2.14. The molecular formula is C13H15NOS. The van der Waals surface area contributed by atoms with Crippen molar-refractivity contribution in [2.45, 2.75) is 19.4 Å². The molecule has 1 aromatic heterocycles. The molecule has 2 aromatic rings. The Hall–Kier alpha value is -1.19. The molecule has 2 nitrogen and oxygen atoms in total. The Bertz CT molecular complexity index is 438. The average molecular weight is 233 g/mol. The fraction of sp³-hybridized carbons (Fsp3) is 0.308. The predicted octanol–water partition coefficient (Wildman–Crippen LogP) is 3.44. The van der Waals surface area contributed by atoms with E-state index in [1.165, 1.54) is 4.88 Å². The summed E-state index contributed by atoms with van der Waals surface area (Å²) in [5, 5.41) is 1.03. The highest BCUT2D eigenvalue weighted by molar-refractivity contribution is 7.11. The van der Waals surface area contributed by atoms with Crippen LogP contribution in [0.4, 0.5) is 0 Å². The van der Waals surface area contributed by atoms with E-state index < -0.39 is 0 Å². The standard InChI is InChI=1S/C13H15NOS/c1-3-11-9-14-13(16-11)12(15-2)10-7-5-4-6-8-10/h4-9,12H,3H2,1-2H3. The van der Waals surface area contributed by atoms with Crippen LogP contribution < -0.4 is 0 Å². The van der Waals surface area contributed by atoms with Gasteiger partial charge in [0.1, 0.15) is 11.1 Å². The summed E-state index contributed by atoms with van der Waals surface area (Å²) in [7, 11) is 1.73. The molecule has 0 saturated heterocycles. The number of methoxy groups -OCH3 is 1. The first-order chi connectivity index (χ1) is 7.85. The van der Waals surface area contributed by atoms with E-state index in [2.05, 4.69) is 24.0 Å². The van der Waals surface area contributed by atoms with Crippen LogP contribution in [0.2, 0.25) is 0 Å². The quantitative estimate of drug-likeness (QED) is 0.807. The maximum atomic E-state index is 5.53. The van der Waals surface area contributed by atoms with Crippen molar-refractivity contribution in [1.82, 2.24) is 4.98 Å². The summed E-state index contributed by atoms with van der Waals surface area (Å²) in [6.07, 6.45) is 2.93. The number of aryl methyl sites for hydroxylation is 1. The van der Waals surface area contributed by atoms with Gasteiger partial charge in [0.2, 0.25) is 0 Å². The van der Waals surface area contributed by atoms with E-state index in [4.69, 9.17) is 4.74 Å². The zero-order valence-electron chi connectivity index (χ0n) is 9.51. The van der Waals surface area contributed by atoms with Gasteiger partial charge in [0.25, 0.3) is 0 Å². The Labute approximate surface area is 99.9 Å². The first kappa shape index (κ1) is 11.3. The van der Waals surface area contributed by atoms with Gasteiger partial charge < -0.3 is 4.74 Å². The first-order valence-electron chi connectivity index (χ1n) is 5.37. The van der Waals surface area contributed by atoms with Gasteiger partial charge in [0, 0.05) is 18.2 Å². The molecule has 0 amide bonds. The molecule has 1 atom stereocenters. The third kappa shape index (κ3) is 2.31. The zero-order valence-corrected chi connectivity index (χ0v) is 10.3. The summed E-state index contributed by atoms with van der Waals surface area (Å²) >= 11 is 1.72. The topological polar surface area (TPSA) is 22.1 Å². The van der Waals surface area contributed by atoms with E-state index in [0.717, 1.165) is 17.0 Å². The van der Waals surface area contributed by atoms with Crippen molar-refractivity contribution < 1.29 is 4.74 Å². The van der Waals surface area contributed by atoms with Gasteiger partial charge in [-0.05, 0) is 12.0 Å². The molecule has 1 unspecified atom stereocenters. The summed E-state index contributed by atoms with van der Waals surface area (Å²) in [5.41, 5.74) is 1.15. The number of ether oxygens (including phenoxy) is 1. The molecule has 0 N–H and O–H groups in total. The largest absolute Gasteiger partial charge is 0.370 e. The smallest absolute Gasteiger partial charge is 0.134 e. The van der Waals surface area contributed by atoms with Crippen LogP contribution in [0, 0.1) is 0 Å². The van der Waals surface area contributed by atoms with E-state index >= 15 is 0 Å². The Balaban J connectivity index is 2.29. The number of aromatic nitrogens is 1. The number of benzene rings is 1. The van der Waals surface area contributed by atoms with Crippen LogP contribution in [-0.2, 0) is 11.2 Å². The number of thiazole rings is 1. The lowest BCUT2D eigenvalue weighted by atomic mass is 10.1. The highest BCUT2D eigenvalue weighted by Crippen LogP contribution is 2.28. The lowest BCUT2D eigenvalue weighted by Crippen LogP contribution is -2.02. The van der Waals surface area contributed by atoms with Crippen LogP contribution in [0.15, 0.2) is 36.5 Å². The van der Waals surface area contributed by atoms with E-state index in [0.29, 0.717) is 0 Å². The molecule has 1 aromatic carbocycles. The van der Waals surface area contributed by atoms with Crippen LogP contribution in [-0.4, -0.2) is 12.1 Å². The molecule has 0 aliphatic carbocycles. The second-order valence-corrected chi connectivity index (χ2v) is 4.69. The van der Waals surface area contributed by atoms with E-state index in [9.17, 15) is 0 Å². The van der Waals surface area contributed by atoms with Gasteiger partial charge in [-0.2, -0.15) is 0 Å². The average Bonchev–Trinajstić information content (AvgIpc) is 2.80. The zero-order chi connectivity index (χ0) is 11.4. The van der Waals surface area contributed by atoms with Crippen LogP contribution >= 0.6 is 11.3 Å². The van der Waals surface area contributed by atoms with Crippen LogP contribution in [0.25, 0.3) is 0 Å². The lowest BCUT2D eigenvalue weighted by Gasteiger charge is -2.12. The Morgan fingerprint density at radius 3 is 2.62 bits per heavy atom. The predicted molar refractivity (Wildman–Crippen MR) is 66.8 cm³/mol. The highest BCUT2D eigenvalue weighted by Gasteiger charge is 2.16. The molecule has 2 rings (SSSR count). The fourth-order valence-electron chi connectivity index (χ4n) is 1.61. The molecule has 16 heavy (non-hydrogen) atoms. The number of rotatable bonds is 4. The molecular weight excluding hydrogens is 218 g/mol. The van der Waals surface area contributed by atoms with Crippen molar-refractivity contribution in [1.29, 1.82) is 0 Å². The van der Waals surface area contributed by atoms with Crippen molar-refractivity contribution in [3.05, 3.63) is 52.0 Å². The number of hydrogen-bond donors (Lipinski definition) is 0. The van der Waals surface area contributed by atoms with Crippen molar-refractivity contribution in [3.8, 4) is 0 Å². The fourth-order valence-corrected chi connectivity index (χ4v) is 2.58. The minimum Gasteiger partial charge on any atom is -0.370 e. The van der Waals surface area contributed by atoms with Gasteiger partial charge in [-0.3, -0.25) is 0 Å². The van der Waals surface area contributed by atoms with Crippen LogP contribution in [0.1, 0.15) is 28.5 Å². The summed E-state index contributed by atoms with van der Waals surface area (Å²) in [6, 6.07) is 10.2. The normalized spacial score (nSPS) is 12.6. The molecule has 1 heterocycles. The highest BCUT2D eigenvalue weighted by atomic mass is 32.1. The summed E-state index contributed by atoms with van der Waals surface area (Å²) in [4.78, 5) is 5.73. The molecule has 0 aliphatic heterocycles. The third-order valence-corrected chi connectivity index (χ3v) is 3.67. The van der Waals surface area contributed by atoms with Gasteiger partial charge in [-0.25, -0.2) is 4.98 Å². The van der Waals surface area contributed by atoms with Crippen molar-refractivity contribution in [2.75, 3.05) is 7.11 Å². The minimum atomic E-state index is -0.0356. The molecule has 0 radical (unpaired) electrons. The Morgan fingerprint density at radius 2 is 2.06 bits per heavy atom. The van der Waals surface area contributed by atoms with Crippen LogP contribution in [0.5, 0.6) is 0 Å². The molecule has 3 heteroatoms. The second-order valence-electron chi connectivity index (χ2n) is 3.54. The monoisotopic (exact) mass is 233 g/mol. The summed E-state index contributed by atoms with van der Waals surface area (Å²) < 4.78 is 5.53. The lowest BCUT2D eigenvalue weighted by molar-refractivity contribution is 0.136. The third-order valence-electron chi connectivity index (χ3n) is 2.48. The summed E-state index contributed by atoms with van der Waals surface area (Å²) in [5.74, 6) is 0. The molecule has 84 valence electrons. The molecule has 0 aliphatic rings. The van der Waals surface area contributed by atoms with E-state index in [1.807, 2.05) is 24.4 Å². The van der Waals surface area contributed by atoms with Crippen molar-refractivity contribution in [3.63, 3.8) is 0 Å². The first-order valence-corrected chi connectivity index (χ1v) is 6.19. The second kappa shape index (κ2) is 5.23. The molecule has 0 spiro atoms. The SMILES string of the molecule is CCc1cnc(C(OC)c2ccccc2)s1. The minimum absolute atomic E-state index is 0.0356. The van der Waals surface area contributed by atoms with E-state index in [1.54, 1.807) is 18.4 Å². The molecule has 0 bridgehead atoms. The maximum Gasteiger partial charge on any atom is 0.134 e. The van der Waals surface area contributed by atoms with Gasteiger partial charge >= 0.3 is 0 Å². The molecule has 0 saturated carbocycles. The van der Waals surface area contributed by atoms with Gasteiger partial charge in [-0.15, -0.1) is 11.3 Å². The van der Waals surface area contributed by atoms with Crippen LogP contribution in [0.3, 0.4) is 0 Å².